The van der Waals surface area contributed by atoms with Crippen LogP contribution in [0.2, 0.25) is 0 Å². The number of aromatic nitrogens is 1. The van der Waals surface area contributed by atoms with Crippen LogP contribution in [-0.2, 0) is 6.61 Å². The summed E-state index contributed by atoms with van der Waals surface area (Å²) in [5, 5.41) is 3.22. The average molecular weight is 290 g/mol. The number of hydrogen-bond donors (Lipinski definition) is 1. The van der Waals surface area contributed by atoms with E-state index in [-0.39, 0.29) is 6.04 Å². The highest BCUT2D eigenvalue weighted by Gasteiger charge is 2.11. The highest BCUT2D eigenvalue weighted by Crippen LogP contribution is 2.26. The molecule has 0 aliphatic carbocycles. The first-order chi connectivity index (χ1) is 9.61. The molecule has 0 unspecified atom stereocenters. The highest BCUT2D eigenvalue weighted by atomic mass is 32.1. The smallest absolute Gasteiger partial charge is 0.131 e. The van der Waals surface area contributed by atoms with Gasteiger partial charge in [0, 0.05) is 22.9 Å². The van der Waals surface area contributed by atoms with Crippen molar-refractivity contribution in [3.05, 3.63) is 45.9 Å². The van der Waals surface area contributed by atoms with Crippen molar-refractivity contribution in [2.75, 3.05) is 0 Å². The zero-order chi connectivity index (χ0) is 14.5. The van der Waals surface area contributed by atoms with Gasteiger partial charge in [-0.05, 0) is 12.5 Å². The molecule has 0 spiro atoms. The van der Waals surface area contributed by atoms with Crippen LogP contribution in [0.3, 0.4) is 0 Å². The zero-order valence-corrected chi connectivity index (χ0v) is 13.1. The van der Waals surface area contributed by atoms with Crippen molar-refractivity contribution in [2.24, 2.45) is 5.73 Å². The van der Waals surface area contributed by atoms with Gasteiger partial charge in [0.15, 0.2) is 0 Å². The third kappa shape index (κ3) is 3.58. The van der Waals surface area contributed by atoms with Crippen molar-refractivity contribution >= 4 is 11.3 Å². The molecule has 0 fully saturated rings. The Morgan fingerprint density at radius 3 is 2.70 bits per heavy atom. The standard InChI is InChI=1S/C16H22N2OS/c1-4-14(17)13-7-5-6-8-15(13)19-9-12-10-20-16(18-12)11(2)3/h5-8,10-11,14H,4,9,17H2,1-3H3/t14-/m1/s1. The fourth-order valence-electron chi connectivity index (χ4n) is 1.94. The third-order valence-corrected chi connectivity index (χ3v) is 4.39. The molecule has 2 aromatic rings. The first-order valence-corrected chi connectivity index (χ1v) is 7.91. The van der Waals surface area contributed by atoms with Gasteiger partial charge in [-0.3, -0.25) is 0 Å². The average Bonchev–Trinajstić information content (AvgIpc) is 2.93. The van der Waals surface area contributed by atoms with Crippen molar-refractivity contribution in [1.82, 2.24) is 4.98 Å². The number of nitrogens with two attached hydrogens (primary N) is 1. The topological polar surface area (TPSA) is 48.1 Å². The normalized spacial score (nSPS) is 12.7. The van der Waals surface area contributed by atoms with Gasteiger partial charge in [0.2, 0.25) is 0 Å². The molecule has 0 aliphatic rings. The maximum absolute atomic E-state index is 6.11. The Morgan fingerprint density at radius 2 is 2.05 bits per heavy atom. The minimum Gasteiger partial charge on any atom is -0.487 e. The van der Waals surface area contributed by atoms with Crippen LogP contribution >= 0.6 is 11.3 Å². The van der Waals surface area contributed by atoms with Crippen LogP contribution in [0.25, 0.3) is 0 Å². The summed E-state index contributed by atoms with van der Waals surface area (Å²) in [6, 6.07) is 8.00. The molecule has 1 aromatic heterocycles. The molecule has 2 rings (SSSR count). The molecule has 4 heteroatoms. The van der Waals surface area contributed by atoms with E-state index in [1.165, 1.54) is 0 Å². The molecule has 108 valence electrons. The largest absolute Gasteiger partial charge is 0.487 e. The number of rotatable bonds is 6. The van der Waals surface area contributed by atoms with Gasteiger partial charge in [0.1, 0.15) is 12.4 Å². The SMILES string of the molecule is CC[C@@H](N)c1ccccc1OCc1csc(C(C)C)n1. The Morgan fingerprint density at radius 1 is 1.30 bits per heavy atom. The summed E-state index contributed by atoms with van der Waals surface area (Å²) < 4.78 is 5.90. The summed E-state index contributed by atoms with van der Waals surface area (Å²) in [4.78, 5) is 4.58. The molecule has 0 saturated carbocycles. The van der Waals surface area contributed by atoms with Crippen molar-refractivity contribution < 1.29 is 4.74 Å². The van der Waals surface area contributed by atoms with E-state index < -0.39 is 0 Å². The van der Waals surface area contributed by atoms with Gasteiger partial charge in [0.05, 0.1) is 10.7 Å². The number of nitrogens with zero attached hydrogens (tertiary/aromatic N) is 1. The molecule has 0 amide bonds. The summed E-state index contributed by atoms with van der Waals surface area (Å²) in [5.41, 5.74) is 8.16. The summed E-state index contributed by atoms with van der Waals surface area (Å²) in [7, 11) is 0. The number of ether oxygens (including phenoxy) is 1. The molecular formula is C16H22N2OS. The van der Waals surface area contributed by atoms with E-state index in [0.717, 1.165) is 28.4 Å². The van der Waals surface area contributed by atoms with E-state index in [1.54, 1.807) is 11.3 Å². The van der Waals surface area contributed by atoms with Gasteiger partial charge < -0.3 is 10.5 Å². The van der Waals surface area contributed by atoms with Gasteiger partial charge in [-0.2, -0.15) is 0 Å². The Labute approximate surface area is 124 Å². The molecule has 20 heavy (non-hydrogen) atoms. The van der Waals surface area contributed by atoms with Crippen molar-refractivity contribution in [1.29, 1.82) is 0 Å². The fraction of sp³-hybridized carbons (Fsp3) is 0.438. The van der Waals surface area contributed by atoms with Crippen LogP contribution in [0.15, 0.2) is 29.6 Å². The van der Waals surface area contributed by atoms with Crippen molar-refractivity contribution in [2.45, 2.75) is 45.8 Å². The van der Waals surface area contributed by atoms with Gasteiger partial charge in [-0.1, -0.05) is 39.0 Å². The van der Waals surface area contributed by atoms with E-state index in [1.807, 2.05) is 24.3 Å². The molecule has 0 radical (unpaired) electrons. The molecular weight excluding hydrogens is 268 g/mol. The van der Waals surface area contributed by atoms with Gasteiger partial charge in [-0.15, -0.1) is 11.3 Å². The minimum atomic E-state index is 0.0212. The molecule has 1 atom stereocenters. The first kappa shape index (κ1) is 15.0. The fourth-order valence-corrected chi connectivity index (χ4v) is 2.76. The maximum atomic E-state index is 6.11. The molecule has 3 nitrogen and oxygen atoms in total. The van der Waals surface area contributed by atoms with Crippen molar-refractivity contribution in [3.63, 3.8) is 0 Å². The Hall–Kier alpha value is -1.39. The van der Waals surface area contributed by atoms with Crippen LogP contribution in [0.1, 0.15) is 55.4 Å². The van der Waals surface area contributed by atoms with E-state index >= 15 is 0 Å². The molecule has 0 saturated heterocycles. The molecule has 1 heterocycles. The van der Waals surface area contributed by atoms with E-state index in [4.69, 9.17) is 10.5 Å². The predicted octanol–water partition coefficient (Wildman–Crippen LogP) is 4.26. The second kappa shape index (κ2) is 6.86. The number of thiazole rings is 1. The molecule has 1 aromatic carbocycles. The maximum Gasteiger partial charge on any atom is 0.131 e. The number of hydrogen-bond acceptors (Lipinski definition) is 4. The molecule has 0 aliphatic heterocycles. The van der Waals surface area contributed by atoms with Gasteiger partial charge in [0.25, 0.3) is 0 Å². The Balaban J connectivity index is 2.06. The Bertz CT molecular complexity index is 551. The second-order valence-corrected chi connectivity index (χ2v) is 6.06. The van der Waals surface area contributed by atoms with Crippen LogP contribution in [0.4, 0.5) is 0 Å². The van der Waals surface area contributed by atoms with Crippen molar-refractivity contribution in [3.8, 4) is 5.75 Å². The lowest BCUT2D eigenvalue weighted by atomic mass is 10.0. The summed E-state index contributed by atoms with van der Waals surface area (Å²) >= 11 is 1.69. The lowest BCUT2D eigenvalue weighted by molar-refractivity contribution is 0.296. The van der Waals surface area contributed by atoms with Crippen LogP contribution < -0.4 is 10.5 Å². The lowest BCUT2D eigenvalue weighted by Crippen LogP contribution is -2.10. The van der Waals surface area contributed by atoms with E-state index in [9.17, 15) is 0 Å². The summed E-state index contributed by atoms with van der Waals surface area (Å²) in [6.07, 6.45) is 0.897. The molecule has 2 N–H and O–H groups in total. The third-order valence-electron chi connectivity index (χ3n) is 3.20. The van der Waals surface area contributed by atoms with Gasteiger partial charge >= 0.3 is 0 Å². The summed E-state index contributed by atoms with van der Waals surface area (Å²) in [6.45, 7) is 6.88. The molecule has 0 bridgehead atoms. The van der Waals surface area contributed by atoms with Gasteiger partial charge in [-0.25, -0.2) is 4.98 Å². The summed E-state index contributed by atoms with van der Waals surface area (Å²) in [5.74, 6) is 1.33. The van der Waals surface area contributed by atoms with E-state index in [2.05, 4.69) is 31.1 Å². The number of para-hydroxylation sites is 1. The monoisotopic (exact) mass is 290 g/mol. The first-order valence-electron chi connectivity index (χ1n) is 7.03. The van der Waals surface area contributed by atoms with E-state index in [0.29, 0.717) is 12.5 Å². The number of benzene rings is 1. The zero-order valence-electron chi connectivity index (χ0n) is 12.3. The highest BCUT2D eigenvalue weighted by molar-refractivity contribution is 7.09. The van der Waals surface area contributed by atoms with Crippen LogP contribution in [-0.4, -0.2) is 4.98 Å². The minimum absolute atomic E-state index is 0.0212. The predicted molar refractivity (Wildman–Crippen MR) is 84.2 cm³/mol. The lowest BCUT2D eigenvalue weighted by Gasteiger charge is -2.15. The Kier molecular flexibility index (Phi) is 5.15. The quantitative estimate of drug-likeness (QED) is 0.865. The second-order valence-electron chi connectivity index (χ2n) is 5.17. The van der Waals surface area contributed by atoms with Crippen LogP contribution in [0, 0.1) is 0 Å². The van der Waals surface area contributed by atoms with Crippen LogP contribution in [0.5, 0.6) is 5.75 Å².